The van der Waals surface area contributed by atoms with E-state index < -0.39 is 0 Å². The van der Waals surface area contributed by atoms with Crippen LogP contribution >= 0.6 is 0 Å². The molecule has 0 bridgehead atoms. The molecule has 4 nitrogen and oxygen atoms in total. The quantitative estimate of drug-likeness (QED) is 0.235. The second-order valence-corrected chi connectivity index (χ2v) is 10.4. The predicted octanol–water partition coefficient (Wildman–Crippen LogP) is 8.04. The molecule has 0 spiro atoms. The van der Waals surface area contributed by atoms with E-state index in [9.17, 15) is 4.79 Å². The van der Waals surface area contributed by atoms with Crippen molar-refractivity contribution in [3.8, 4) is 11.4 Å². The van der Waals surface area contributed by atoms with E-state index in [2.05, 4.69) is 119 Å². The first-order valence-corrected chi connectivity index (χ1v) is 13.2. The van der Waals surface area contributed by atoms with Crippen molar-refractivity contribution >= 4 is 54.4 Å². The summed E-state index contributed by atoms with van der Waals surface area (Å²) in [5.74, 6) is 0. The summed E-state index contributed by atoms with van der Waals surface area (Å²) in [5, 5.41) is 6.61. The summed E-state index contributed by atoms with van der Waals surface area (Å²) >= 11 is 0. The molecule has 186 valence electrons. The van der Waals surface area contributed by atoms with E-state index >= 15 is 0 Å². The molecule has 8 rings (SSSR count). The lowest BCUT2D eigenvalue weighted by atomic mass is 10.1. The van der Waals surface area contributed by atoms with E-state index in [4.69, 9.17) is 0 Å². The molecule has 0 amide bonds. The number of hydrogen-bond donors (Lipinski definition) is 0. The molecular formula is C35H25N3O. The minimum absolute atomic E-state index is 0.0202. The number of benzene rings is 5. The summed E-state index contributed by atoms with van der Waals surface area (Å²) in [7, 11) is 1.82. The predicted molar refractivity (Wildman–Crippen MR) is 163 cm³/mol. The smallest absolute Gasteiger partial charge is 0.258 e. The summed E-state index contributed by atoms with van der Waals surface area (Å²) in [4.78, 5) is 13.1. The van der Waals surface area contributed by atoms with Gasteiger partial charge in [0.1, 0.15) is 0 Å². The minimum Gasteiger partial charge on any atom is -0.318 e. The van der Waals surface area contributed by atoms with Crippen LogP contribution in [-0.4, -0.2) is 13.7 Å². The molecular weight excluding hydrogens is 478 g/mol. The molecule has 0 saturated heterocycles. The molecule has 0 saturated carbocycles. The molecule has 0 fully saturated rings. The molecule has 3 heterocycles. The summed E-state index contributed by atoms with van der Waals surface area (Å²) in [6.45, 7) is 2.05. The van der Waals surface area contributed by atoms with Crippen molar-refractivity contribution < 1.29 is 0 Å². The third-order valence-electron chi connectivity index (χ3n) is 8.12. The fourth-order valence-electron chi connectivity index (χ4n) is 6.38. The van der Waals surface area contributed by atoms with Crippen LogP contribution in [0.5, 0.6) is 0 Å². The van der Waals surface area contributed by atoms with Crippen molar-refractivity contribution in [2.24, 2.45) is 7.05 Å². The van der Waals surface area contributed by atoms with E-state index in [1.54, 1.807) is 4.57 Å². The van der Waals surface area contributed by atoms with Crippen molar-refractivity contribution in [1.29, 1.82) is 0 Å². The molecule has 0 aliphatic carbocycles. The van der Waals surface area contributed by atoms with Gasteiger partial charge in [0.05, 0.1) is 22.1 Å². The largest absolute Gasteiger partial charge is 0.318 e. The first-order valence-electron chi connectivity index (χ1n) is 13.2. The highest BCUT2D eigenvalue weighted by Gasteiger charge is 2.17. The number of aryl methyl sites for hydroxylation is 2. The molecule has 0 aliphatic rings. The van der Waals surface area contributed by atoms with Crippen molar-refractivity contribution in [3.63, 3.8) is 0 Å². The molecule has 4 heteroatoms. The Bertz CT molecular complexity index is 2280. The number of fused-ring (bicyclic) bond motifs is 7. The Hall–Kier alpha value is -5.09. The number of para-hydroxylation sites is 3. The zero-order valence-corrected chi connectivity index (χ0v) is 21.7. The lowest BCUT2D eigenvalue weighted by Gasteiger charge is -2.12. The van der Waals surface area contributed by atoms with Crippen molar-refractivity contribution in [2.75, 3.05) is 0 Å². The standard InChI is InChI=1S/C35H25N3O/c1-22-21-36(2)35(39)30-20-23(15-17-25(22)30)38-33-14-8-5-11-28(33)29-19-24(16-18-34(29)38)37-31-12-6-3-9-26(31)27-10-4-7-13-32(27)37/h3-21H,1-2H3. The Kier molecular flexibility index (Phi) is 4.48. The molecule has 5 aromatic carbocycles. The van der Waals surface area contributed by atoms with Crippen LogP contribution < -0.4 is 5.56 Å². The number of hydrogen-bond acceptors (Lipinski definition) is 1. The maximum atomic E-state index is 13.1. The lowest BCUT2D eigenvalue weighted by molar-refractivity contribution is 0.866. The second kappa shape index (κ2) is 7.95. The van der Waals surface area contributed by atoms with E-state index in [1.165, 1.54) is 32.6 Å². The normalized spacial score (nSPS) is 11.9. The molecule has 0 radical (unpaired) electrons. The Balaban J connectivity index is 1.44. The van der Waals surface area contributed by atoms with Gasteiger partial charge < -0.3 is 13.7 Å². The van der Waals surface area contributed by atoms with Gasteiger partial charge in [0.2, 0.25) is 0 Å². The Morgan fingerprint density at radius 1 is 0.487 bits per heavy atom. The highest BCUT2D eigenvalue weighted by Crippen LogP contribution is 2.37. The van der Waals surface area contributed by atoms with Crippen LogP contribution in [0.3, 0.4) is 0 Å². The summed E-state index contributed by atoms with van der Waals surface area (Å²) < 4.78 is 6.31. The maximum absolute atomic E-state index is 13.1. The van der Waals surface area contributed by atoms with Gasteiger partial charge in [-0.2, -0.15) is 0 Å². The van der Waals surface area contributed by atoms with Crippen molar-refractivity contribution in [3.05, 3.63) is 131 Å². The third-order valence-corrected chi connectivity index (χ3v) is 8.12. The number of rotatable bonds is 2. The van der Waals surface area contributed by atoms with E-state index in [0.717, 1.165) is 38.7 Å². The van der Waals surface area contributed by atoms with E-state index in [0.29, 0.717) is 0 Å². The van der Waals surface area contributed by atoms with E-state index in [1.807, 2.05) is 19.3 Å². The van der Waals surface area contributed by atoms with Gasteiger partial charge in [-0.25, -0.2) is 0 Å². The van der Waals surface area contributed by atoms with Gasteiger partial charge in [-0.1, -0.05) is 60.7 Å². The molecule has 3 aromatic heterocycles. The van der Waals surface area contributed by atoms with Crippen LogP contribution in [0.15, 0.2) is 120 Å². The van der Waals surface area contributed by atoms with Crippen LogP contribution in [-0.2, 0) is 7.05 Å². The number of aromatic nitrogens is 3. The number of pyridine rings is 1. The zero-order valence-electron chi connectivity index (χ0n) is 21.7. The third kappa shape index (κ3) is 3.03. The van der Waals surface area contributed by atoms with Gasteiger partial charge in [0.15, 0.2) is 0 Å². The SMILES string of the molecule is Cc1cn(C)c(=O)c2cc(-n3c4ccccc4c4cc(-n5c6ccccc6c6ccccc65)ccc43)ccc12. The Morgan fingerprint density at radius 3 is 1.54 bits per heavy atom. The fraction of sp³-hybridized carbons (Fsp3) is 0.0571. The first-order chi connectivity index (χ1) is 19.1. The average molecular weight is 504 g/mol. The molecule has 0 aliphatic heterocycles. The van der Waals surface area contributed by atoms with Gasteiger partial charge in [-0.15, -0.1) is 0 Å². The van der Waals surface area contributed by atoms with Crippen LogP contribution in [0.2, 0.25) is 0 Å². The maximum Gasteiger partial charge on any atom is 0.258 e. The second-order valence-electron chi connectivity index (χ2n) is 10.4. The zero-order chi connectivity index (χ0) is 26.2. The van der Waals surface area contributed by atoms with Gasteiger partial charge in [-0.3, -0.25) is 4.79 Å². The van der Waals surface area contributed by atoms with Crippen LogP contribution in [0, 0.1) is 6.92 Å². The topological polar surface area (TPSA) is 31.9 Å². The highest BCUT2D eigenvalue weighted by atomic mass is 16.1. The summed E-state index contributed by atoms with van der Waals surface area (Å²) in [6, 6.07) is 38.7. The molecule has 8 aromatic rings. The minimum atomic E-state index is 0.0202. The summed E-state index contributed by atoms with van der Waals surface area (Å²) in [6.07, 6.45) is 1.90. The molecule has 39 heavy (non-hydrogen) atoms. The highest BCUT2D eigenvalue weighted by molar-refractivity contribution is 6.12. The van der Waals surface area contributed by atoms with Gasteiger partial charge in [-0.05, 0) is 66.4 Å². The fourth-order valence-corrected chi connectivity index (χ4v) is 6.38. The van der Waals surface area contributed by atoms with Crippen LogP contribution in [0.25, 0.3) is 65.8 Å². The van der Waals surface area contributed by atoms with Crippen LogP contribution in [0.4, 0.5) is 0 Å². The Morgan fingerprint density at radius 2 is 0.949 bits per heavy atom. The Labute approximate surface area is 224 Å². The lowest BCUT2D eigenvalue weighted by Crippen LogP contribution is -2.17. The molecule has 0 unspecified atom stereocenters. The molecule has 0 atom stereocenters. The van der Waals surface area contributed by atoms with Gasteiger partial charge in [0.25, 0.3) is 5.56 Å². The van der Waals surface area contributed by atoms with E-state index in [-0.39, 0.29) is 5.56 Å². The van der Waals surface area contributed by atoms with Gasteiger partial charge in [0, 0.05) is 51.6 Å². The van der Waals surface area contributed by atoms with Crippen molar-refractivity contribution in [2.45, 2.75) is 6.92 Å². The van der Waals surface area contributed by atoms with Crippen molar-refractivity contribution in [1.82, 2.24) is 13.7 Å². The average Bonchev–Trinajstić information content (AvgIpc) is 3.48. The number of nitrogens with zero attached hydrogens (tertiary/aromatic N) is 3. The summed E-state index contributed by atoms with van der Waals surface area (Å²) in [5.41, 5.74) is 7.86. The van der Waals surface area contributed by atoms with Gasteiger partial charge >= 0.3 is 0 Å². The monoisotopic (exact) mass is 503 g/mol. The van der Waals surface area contributed by atoms with Crippen LogP contribution in [0.1, 0.15) is 5.56 Å². The first kappa shape index (κ1) is 21.9. The molecule has 0 N–H and O–H groups in total.